The van der Waals surface area contributed by atoms with Crippen molar-refractivity contribution in [3.8, 4) is 17.2 Å². The van der Waals surface area contributed by atoms with Crippen LogP contribution in [0.4, 0.5) is 4.39 Å². The second kappa shape index (κ2) is 5.49. The fourth-order valence-electron chi connectivity index (χ4n) is 2.10. The predicted octanol–water partition coefficient (Wildman–Crippen LogP) is 2.92. The maximum absolute atomic E-state index is 13.3. The van der Waals surface area contributed by atoms with Crippen LogP contribution in [-0.2, 0) is 9.53 Å². The van der Waals surface area contributed by atoms with Crippen LogP contribution in [-0.4, -0.2) is 21.3 Å². The Morgan fingerprint density at radius 3 is 2.39 bits per heavy atom. The van der Waals surface area contributed by atoms with Crippen molar-refractivity contribution in [1.82, 2.24) is 0 Å². The molecule has 3 rings (SSSR count). The van der Waals surface area contributed by atoms with Gasteiger partial charge in [0.1, 0.15) is 5.76 Å². The van der Waals surface area contributed by atoms with Gasteiger partial charge in [0.2, 0.25) is 0 Å². The molecule has 3 N–H and O–H groups in total. The van der Waals surface area contributed by atoms with Crippen LogP contribution < -0.4 is 0 Å². The SMILES string of the molecule is O=C1OC(c2ccc(O)c(O)c2)=C/C1=C\c1ccc(O)c(F)c1. The third kappa shape index (κ3) is 2.87. The first-order chi connectivity index (χ1) is 10.9. The molecule has 0 aliphatic carbocycles. The van der Waals surface area contributed by atoms with E-state index in [1.165, 1.54) is 42.5 Å². The molecule has 1 aliphatic heterocycles. The Hall–Kier alpha value is -3.28. The standard InChI is InChI=1S/C17H11FO5/c18-12-6-9(1-3-13(12)19)5-11-8-16(23-17(11)22)10-2-4-14(20)15(21)7-10/h1-8,19-21H/b11-5+. The van der Waals surface area contributed by atoms with E-state index < -0.39 is 17.5 Å². The van der Waals surface area contributed by atoms with Crippen molar-refractivity contribution in [3.63, 3.8) is 0 Å². The predicted molar refractivity (Wildman–Crippen MR) is 79.9 cm³/mol. The topological polar surface area (TPSA) is 87.0 Å². The van der Waals surface area contributed by atoms with E-state index in [0.717, 1.165) is 6.07 Å². The molecular formula is C17H11FO5. The van der Waals surface area contributed by atoms with Gasteiger partial charge in [-0.05, 0) is 48.0 Å². The lowest BCUT2D eigenvalue weighted by Crippen LogP contribution is -1.97. The summed E-state index contributed by atoms with van der Waals surface area (Å²) in [5.41, 5.74) is 0.991. The molecule has 0 unspecified atom stereocenters. The van der Waals surface area contributed by atoms with Crippen LogP contribution in [0.1, 0.15) is 11.1 Å². The molecule has 0 spiro atoms. The maximum Gasteiger partial charge on any atom is 0.343 e. The van der Waals surface area contributed by atoms with Gasteiger partial charge in [0, 0.05) is 5.56 Å². The molecule has 0 saturated heterocycles. The van der Waals surface area contributed by atoms with Crippen molar-refractivity contribution >= 4 is 17.8 Å². The number of ether oxygens (including phenoxy) is 1. The number of carbonyl (C=O) groups is 1. The molecular weight excluding hydrogens is 303 g/mol. The monoisotopic (exact) mass is 314 g/mol. The summed E-state index contributed by atoms with van der Waals surface area (Å²) in [7, 11) is 0. The van der Waals surface area contributed by atoms with Gasteiger partial charge in [-0.2, -0.15) is 0 Å². The van der Waals surface area contributed by atoms with Crippen LogP contribution in [0, 0.1) is 5.82 Å². The average Bonchev–Trinajstić information content (AvgIpc) is 2.87. The molecule has 6 heteroatoms. The number of carbonyl (C=O) groups excluding carboxylic acids is 1. The van der Waals surface area contributed by atoms with Crippen LogP contribution in [0.3, 0.4) is 0 Å². The summed E-state index contributed by atoms with van der Waals surface area (Å²) in [4.78, 5) is 11.9. The molecule has 23 heavy (non-hydrogen) atoms. The van der Waals surface area contributed by atoms with Crippen LogP contribution in [0.25, 0.3) is 11.8 Å². The number of phenols is 3. The molecule has 0 bridgehead atoms. The van der Waals surface area contributed by atoms with Gasteiger partial charge in [0.15, 0.2) is 23.1 Å². The van der Waals surface area contributed by atoms with Gasteiger partial charge in [-0.15, -0.1) is 0 Å². The molecule has 0 atom stereocenters. The quantitative estimate of drug-likeness (QED) is 0.451. The van der Waals surface area contributed by atoms with E-state index in [1.807, 2.05) is 0 Å². The van der Waals surface area contributed by atoms with Gasteiger partial charge in [-0.25, -0.2) is 9.18 Å². The number of benzene rings is 2. The van der Waals surface area contributed by atoms with Gasteiger partial charge in [-0.1, -0.05) is 6.07 Å². The summed E-state index contributed by atoms with van der Waals surface area (Å²) in [6, 6.07) is 7.75. The molecule has 0 radical (unpaired) electrons. The molecule has 1 aliphatic rings. The Labute approximate surface area is 130 Å². The Kier molecular flexibility index (Phi) is 3.50. The molecule has 1 heterocycles. The number of hydrogen-bond acceptors (Lipinski definition) is 5. The van der Waals surface area contributed by atoms with Crippen molar-refractivity contribution in [1.29, 1.82) is 0 Å². The summed E-state index contributed by atoms with van der Waals surface area (Å²) in [6.07, 6.45) is 2.86. The van der Waals surface area contributed by atoms with Gasteiger partial charge < -0.3 is 20.1 Å². The molecule has 2 aromatic carbocycles. The second-order valence-corrected chi connectivity index (χ2v) is 4.91. The first-order valence-electron chi connectivity index (χ1n) is 6.60. The van der Waals surface area contributed by atoms with Gasteiger partial charge in [0.25, 0.3) is 0 Å². The van der Waals surface area contributed by atoms with E-state index in [0.29, 0.717) is 11.1 Å². The molecule has 0 saturated carbocycles. The van der Waals surface area contributed by atoms with Crippen LogP contribution in [0.5, 0.6) is 17.2 Å². The zero-order valence-corrected chi connectivity index (χ0v) is 11.7. The first kappa shape index (κ1) is 14.6. The Morgan fingerprint density at radius 1 is 0.957 bits per heavy atom. The normalized spacial score (nSPS) is 15.6. The van der Waals surface area contributed by atoms with Crippen molar-refractivity contribution < 1.29 is 29.2 Å². The van der Waals surface area contributed by atoms with E-state index in [1.54, 1.807) is 0 Å². The Bertz CT molecular complexity index is 867. The molecule has 2 aromatic rings. The largest absolute Gasteiger partial charge is 0.505 e. The van der Waals surface area contributed by atoms with E-state index in [4.69, 9.17) is 9.84 Å². The summed E-state index contributed by atoms with van der Waals surface area (Å²) < 4.78 is 18.4. The molecule has 0 aromatic heterocycles. The maximum atomic E-state index is 13.3. The summed E-state index contributed by atoms with van der Waals surface area (Å²) >= 11 is 0. The summed E-state index contributed by atoms with van der Waals surface area (Å²) in [5, 5.41) is 27.9. The number of hydrogen-bond donors (Lipinski definition) is 3. The minimum Gasteiger partial charge on any atom is -0.505 e. The number of halogens is 1. The lowest BCUT2D eigenvalue weighted by molar-refractivity contribution is -0.130. The highest BCUT2D eigenvalue weighted by molar-refractivity contribution is 6.05. The fraction of sp³-hybridized carbons (Fsp3) is 0. The van der Waals surface area contributed by atoms with Crippen molar-refractivity contribution in [2.75, 3.05) is 0 Å². The zero-order chi connectivity index (χ0) is 16.6. The minimum absolute atomic E-state index is 0.192. The van der Waals surface area contributed by atoms with E-state index in [9.17, 15) is 19.4 Å². The molecule has 0 fully saturated rings. The van der Waals surface area contributed by atoms with Gasteiger partial charge in [-0.3, -0.25) is 0 Å². The smallest absolute Gasteiger partial charge is 0.343 e. The van der Waals surface area contributed by atoms with Gasteiger partial charge >= 0.3 is 5.97 Å². The number of cyclic esters (lactones) is 1. The lowest BCUT2D eigenvalue weighted by Gasteiger charge is -2.03. The van der Waals surface area contributed by atoms with Crippen molar-refractivity contribution in [2.24, 2.45) is 0 Å². The molecule has 0 amide bonds. The van der Waals surface area contributed by atoms with Gasteiger partial charge in [0.05, 0.1) is 5.57 Å². The fourth-order valence-corrected chi connectivity index (χ4v) is 2.10. The zero-order valence-electron chi connectivity index (χ0n) is 11.7. The van der Waals surface area contributed by atoms with Crippen LogP contribution >= 0.6 is 0 Å². The van der Waals surface area contributed by atoms with Crippen molar-refractivity contribution in [3.05, 3.63) is 65.0 Å². The number of esters is 1. The van der Waals surface area contributed by atoms with E-state index in [-0.39, 0.29) is 22.8 Å². The average molecular weight is 314 g/mol. The highest BCUT2D eigenvalue weighted by Gasteiger charge is 2.22. The highest BCUT2D eigenvalue weighted by atomic mass is 19.1. The van der Waals surface area contributed by atoms with Crippen LogP contribution in [0.2, 0.25) is 0 Å². The number of rotatable bonds is 2. The highest BCUT2D eigenvalue weighted by Crippen LogP contribution is 2.33. The third-order valence-corrected chi connectivity index (χ3v) is 3.28. The third-order valence-electron chi connectivity index (χ3n) is 3.28. The lowest BCUT2D eigenvalue weighted by atomic mass is 10.1. The Balaban J connectivity index is 1.95. The summed E-state index contributed by atoms with van der Waals surface area (Å²) in [5.74, 6) is -2.31. The van der Waals surface area contributed by atoms with E-state index >= 15 is 0 Å². The minimum atomic E-state index is -0.793. The molecule has 5 nitrogen and oxygen atoms in total. The molecule has 116 valence electrons. The first-order valence-corrected chi connectivity index (χ1v) is 6.60. The van der Waals surface area contributed by atoms with Crippen molar-refractivity contribution in [2.45, 2.75) is 0 Å². The second-order valence-electron chi connectivity index (χ2n) is 4.91. The summed E-state index contributed by atoms with van der Waals surface area (Å²) in [6.45, 7) is 0. The van der Waals surface area contributed by atoms with E-state index in [2.05, 4.69) is 0 Å². The Morgan fingerprint density at radius 2 is 1.70 bits per heavy atom. The van der Waals surface area contributed by atoms with Crippen LogP contribution in [0.15, 0.2) is 48.0 Å². The number of aromatic hydroxyl groups is 3. The number of phenolic OH excluding ortho intramolecular Hbond substituents is 3.